The molecule has 0 aliphatic heterocycles. The summed E-state index contributed by atoms with van der Waals surface area (Å²) in [5, 5.41) is 2.73. The molecule has 0 atom stereocenters. The van der Waals surface area contributed by atoms with E-state index in [-0.39, 0.29) is 17.4 Å². The van der Waals surface area contributed by atoms with E-state index >= 15 is 0 Å². The molecule has 106 valence electrons. The first kappa shape index (κ1) is 13.2. The van der Waals surface area contributed by atoms with E-state index in [0.717, 1.165) is 0 Å². The number of aromatic nitrogens is 4. The van der Waals surface area contributed by atoms with Crippen LogP contribution in [0.4, 0.5) is 4.39 Å². The topological polar surface area (TPSA) is 83.6 Å². The van der Waals surface area contributed by atoms with Crippen LogP contribution in [-0.2, 0) is 6.42 Å². The highest BCUT2D eigenvalue weighted by Crippen LogP contribution is 2.12. The van der Waals surface area contributed by atoms with Crippen molar-refractivity contribution in [1.29, 1.82) is 0 Å². The number of benzene rings is 1. The molecule has 0 radical (unpaired) electrons. The number of carbonyl (C=O) groups excluding carboxylic acids is 1. The third-order valence-electron chi connectivity index (χ3n) is 2.94. The molecule has 0 saturated carbocycles. The van der Waals surface area contributed by atoms with Gasteiger partial charge in [-0.05, 0) is 18.2 Å². The Kier molecular flexibility index (Phi) is 3.55. The number of nitrogens with one attached hydrogen (secondary N) is 2. The molecule has 1 aromatic carbocycles. The van der Waals surface area contributed by atoms with E-state index in [4.69, 9.17) is 0 Å². The van der Waals surface area contributed by atoms with Gasteiger partial charge in [-0.15, -0.1) is 0 Å². The molecule has 0 bridgehead atoms. The summed E-state index contributed by atoms with van der Waals surface area (Å²) < 4.78 is 13.1. The smallest absolute Gasteiger partial charge is 0.271 e. The molecule has 1 amide bonds. The van der Waals surface area contributed by atoms with Crippen molar-refractivity contribution in [2.45, 2.75) is 6.42 Å². The van der Waals surface area contributed by atoms with Gasteiger partial charge in [0.2, 0.25) is 0 Å². The molecule has 7 heteroatoms. The molecule has 0 spiro atoms. The van der Waals surface area contributed by atoms with Crippen molar-refractivity contribution in [2.24, 2.45) is 0 Å². The molecule has 0 aliphatic carbocycles. The Balaban J connectivity index is 1.60. The number of hydrogen-bond acceptors (Lipinski definition) is 4. The van der Waals surface area contributed by atoms with Crippen LogP contribution in [0.15, 0.2) is 36.8 Å². The number of amides is 1. The summed E-state index contributed by atoms with van der Waals surface area (Å²) in [6.45, 7) is 0.401. The van der Waals surface area contributed by atoms with E-state index in [2.05, 4.69) is 25.3 Å². The van der Waals surface area contributed by atoms with Crippen LogP contribution >= 0.6 is 0 Å². The first-order chi connectivity index (χ1) is 10.2. The molecule has 0 unspecified atom stereocenters. The van der Waals surface area contributed by atoms with Gasteiger partial charge in [-0.3, -0.25) is 9.78 Å². The van der Waals surface area contributed by atoms with Crippen molar-refractivity contribution in [1.82, 2.24) is 25.3 Å². The third-order valence-corrected chi connectivity index (χ3v) is 2.94. The number of carbonyl (C=O) groups is 1. The number of nitrogens with zero attached hydrogens (tertiary/aromatic N) is 3. The fourth-order valence-electron chi connectivity index (χ4n) is 1.95. The quantitative estimate of drug-likeness (QED) is 0.760. The maximum Gasteiger partial charge on any atom is 0.271 e. The molecule has 3 rings (SSSR count). The molecule has 6 nitrogen and oxygen atoms in total. The Morgan fingerprint density at radius 2 is 2.24 bits per heavy atom. The lowest BCUT2D eigenvalue weighted by Crippen LogP contribution is -2.26. The number of rotatable bonds is 4. The van der Waals surface area contributed by atoms with E-state index in [0.29, 0.717) is 29.8 Å². The highest BCUT2D eigenvalue weighted by atomic mass is 19.1. The second-order valence-electron chi connectivity index (χ2n) is 4.44. The predicted molar refractivity (Wildman–Crippen MR) is 74.1 cm³/mol. The van der Waals surface area contributed by atoms with Crippen molar-refractivity contribution in [3.8, 4) is 0 Å². The molecule has 2 heterocycles. The zero-order valence-corrected chi connectivity index (χ0v) is 11.0. The summed E-state index contributed by atoms with van der Waals surface area (Å²) in [5.41, 5.74) is 1.61. The number of fused-ring (bicyclic) bond motifs is 1. The van der Waals surface area contributed by atoms with Crippen LogP contribution in [-0.4, -0.2) is 32.4 Å². The van der Waals surface area contributed by atoms with Gasteiger partial charge in [0, 0.05) is 25.4 Å². The summed E-state index contributed by atoms with van der Waals surface area (Å²) in [6.07, 6.45) is 4.88. The highest BCUT2D eigenvalue weighted by Gasteiger charge is 2.07. The van der Waals surface area contributed by atoms with E-state index in [1.165, 1.54) is 30.7 Å². The minimum Gasteiger partial charge on any atom is -0.350 e. The van der Waals surface area contributed by atoms with E-state index < -0.39 is 0 Å². The Labute approximate surface area is 119 Å². The Bertz CT molecular complexity index is 771. The molecule has 0 aliphatic rings. The number of imidazole rings is 1. The van der Waals surface area contributed by atoms with E-state index in [9.17, 15) is 9.18 Å². The molecule has 0 saturated heterocycles. The Hall–Kier alpha value is -2.83. The van der Waals surface area contributed by atoms with Crippen LogP contribution in [0.25, 0.3) is 11.0 Å². The maximum atomic E-state index is 13.1. The summed E-state index contributed by atoms with van der Waals surface area (Å²) in [5.74, 6) is 0.0916. The van der Waals surface area contributed by atoms with Gasteiger partial charge >= 0.3 is 0 Å². The second kappa shape index (κ2) is 5.66. The lowest BCUT2D eigenvalue weighted by molar-refractivity contribution is 0.0948. The van der Waals surface area contributed by atoms with Crippen LogP contribution in [0.2, 0.25) is 0 Å². The van der Waals surface area contributed by atoms with Gasteiger partial charge in [0.1, 0.15) is 17.3 Å². The van der Waals surface area contributed by atoms with Crippen LogP contribution in [0.3, 0.4) is 0 Å². The van der Waals surface area contributed by atoms with Crippen LogP contribution < -0.4 is 5.32 Å². The standard InChI is InChI=1S/C14H12FN5O/c15-9-1-2-10-11(7-9)20-13(19-10)3-4-18-14(21)12-8-16-5-6-17-12/h1-2,5-8H,3-4H2,(H,18,21)(H,19,20). The van der Waals surface area contributed by atoms with Crippen LogP contribution in [0.1, 0.15) is 16.3 Å². The van der Waals surface area contributed by atoms with Crippen molar-refractivity contribution in [3.63, 3.8) is 0 Å². The number of H-pyrrole nitrogens is 1. The van der Waals surface area contributed by atoms with Gasteiger partial charge in [-0.2, -0.15) is 0 Å². The molecule has 2 N–H and O–H groups in total. The third kappa shape index (κ3) is 3.02. The summed E-state index contributed by atoms with van der Waals surface area (Å²) in [6, 6.07) is 4.37. The van der Waals surface area contributed by atoms with Crippen molar-refractivity contribution < 1.29 is 9.18 Å². The minimum absolute atomic E-state index is 0.268. The maximum absolute atomic E-state index is 13.1. The van der Waals surface area contributed by atoms with Gasteiger partial charge in [-0.25, -0.2) is 14.4 Å². The monoisotopic (exact) mass is 285 g/mol. The SMILES string of the molecule is O=C(NCCc1nc2ccc(F)cc2[nH]1)c1cnccn1. The van der Waals surface area contributed by atoms with Crippen LogP contribution in [0.5, 0.6) is 0 Å². The lowest BCUT2D eigenvalue weighted by Gasteiger charge is -2.02. The fraction of sp³-hybridized carbons (Fsp3) is 0.143. The largest absolute Gasteiger partial charge is 0.350 e. The summed E-state index contributed by atoms with van der Waals surface area (Å²) in [7, 11) is 0. The molecule has 2 aromatic heterocycles. The minimum atomic E-state index is -0.311. The summed E-state index contributed by atoms with van der Waals surface area (Å²) >= 11 is 0. The van der Waals surface area contributed by atoms with Gasteiger partial charge in [-0.1, -0.05) is 0 Å². The zero-order valence-electron chi connectivity index (χ0n) is 11.0. The Morgan fingerprint density at radius 1 is 1.33 bits per heavy atom. The second-order valence-corrected chi connectivity index (χ2v) is 4.44. The molecule has 3 aromatic rings. The normalized spacial score (nSPS) is 10.7. The predicted octanol–water partition coefficient (Wildman–Crippen LogP) is 1.46. The molecule has 21 heavy (non-hydrogen) atoms. The van der Waals surface area contributed by atoms with Crippen molar-refractivity contribution >= 4 is 16.9 Å². The lowest BCUT2D eigenvalue weighted by atomic mass is 10.3. The summed E-state index contributed by atoms with van der Waals surface area (Å²) in [4.78, 5) is 26.8. The van der Waals surface area contributed by atoms with Gasteiger partial charge < -0.3 is 10.3 Å². The molecular formula is C14H12FN5O. The van der Waals surface area contributed by atoms with Crippen molar-refractivity contribution in [3.05, 3.63) is 54.1 Å². The number of halogens is 1. The van der Waals surface area contributed by atoms with Gasteiger partial charge in [0.25, 0.3) is 5.91 Å². The molecule has 0 fully saturated rings. The highest BCUT2D eigenvalue weighted by molar-refractivity contribution is 5.91. The van der Waals surface area contributed by atoms with E-state index in [1.54, 1.807) is 6.07 Å². The molecular weight excluding hydrogens is 273 g/mol. The Morgan fingerprint density at radius 3 is 3.05 bits per heavy atom. The number of hydrogen-bond donors (Lipinski definition) is 2. The first-order valence-corrected chi connectivity index (χ1v) is 6.41. The zero-order chi connectivity index (χ0) is 14.7. The van der Waals surface area contributed by atoms with E-state index in [1.807, 2.05) is 0 Å². The van der Waals surface area contributed by atoms with Gasteiger partial charge in [0.15, 0.2) is 0 Å². The van der Waals surface area contributed by atoms with Crippen LogP contribution in [0, 0.1) is 5.82 Å². The van der Waals surface area contributed by atoms with Gasteiger partial charge in [0.05, 0.1) is 17.2 Å². The number of aromatic amines is 1. The first-order valence-electron chi connectivity index (χ1n) is 6.41. The fourth-order valence-corrected chi connectivity index (χ4v) is 1.95. The average molecular weight is 285 g/mol. The van der Waals surface area contributed by atoms with Crippen molar-refractivity contribution in [2.75, 3.05) is 6.54 Å². The average Bonchev–Trinajstić information content (AvgIpc) is 2.89.